The zero-order chi connectivity index (χ0) is 21.4. The summed E-state index contributed by atoms with van der Waals surface area (Å²) in [7, 11) is -3.39. The first-order chi connectivity index (χ1) is 13.7. The second-order valence-corrected chi connectivity index (χ2v) is 8.61. The van der Waals surface area contributed by atoms with Gasteiger partial charge in [-0.05, 0) is 41.8 Å². The van der Waals surface area contributed by atoms with Gasteiger partial charge in [-0.1, -0.05) is 37.1 Å². The number of pyridine rings is 1. The van der Waals surface area contributed by atoms with E-state index in [1.807, 2.05) is 6.92 Å². The zero-order valence-corrected chi connectivity index (χ0v) is 17.8. The predicted octanol–water partition coefficient (Wildman–Crippen LogP) is 3.86. The van der Waals surface area contributed by atoms with E-state index in [4.69, 9.17) is 11.6 Å². The Balaban J connectivity index is 2.01. The number of aromatic nitrogens is 1. The van der Waals surface area contributed by atoms with Crippen molar-refractivity contribution in [2.75, 3.05) is 11.0 Å². The fraction of sp³-hybridized carbons (Fsp3) is 0.300. The Morgan fingerprint density at radius 1 is 1.28 bits per heavy atom. The van der Waals surface area contributed by atoms with Crippen molar-refractivity contribution in [3.63, 3.8) is 0 Å². The van der Waals surface area contributed by atoms with Gasteiger partial charge in [-0.15, -0.1) is 0 Å². The van der Waals surface area contributed by atoms with Crippen molar-refractivity contribution in [1.82, 2.24) is 10.3 Å². The van der Waals surface area contributed by atoms with E-state index in [9.17, 15) is 17.6 Å². The number of hydrogen-bond acceptors (Lipinski definition) is 4. The number of alkyl halides is 1. The molecule has 0 saturated heterocycles. The van der Waals surface area contributed by atoms with Crippen LogP contribution in [0.1, 0.15) is 35.9 Å². The minimum atomic E-state index is -3.39. The number of sulfonamides is 1. The van der Waals surface area contributed by atoms with Gasteiger partial charge in [0.25, 0.3) is 0 Å². The second-order valence-electron chi connectivity index (χ2n) is 6.45. The maximum atomic E-state index is 12.8. The summed E-state index contributed by atoms with van der Waals surface area (Å²) in [5.74, 6) is -0.323. The molecule has 0 fully saturated rings. The van der Waals surface area contributed by atoms with Crippen molar-refractivity contribution < 1.29 is 17.6 Å². The minimum absolute atomic E-state index is 0.183. The zero-order valence-electron chi connectivity index (χ0n) is 16.2. The first-order valence-electron chi connectivity index (χ1n) is 8.98. The van der Waals surface area contributed by atoms with E-state index in [1.165, 1.54) is 12.1 Å². The van der Waals surface area contributed by atoms with Crippen molar-refractivity contribution in [1.29, 1.82) is 0 Å². The Morgan fingerprint density at radius 2 is 2.03 bits per heavy atom. The predicted molar refractivity (Wildman–Crippen MR) is 114 cm³/mol. The summed E-state index contributed by atoms with van der Waals surface area (Å²) < 4.78 is 37.7. The molecule has 1 amide bonds. The van der Waals surface area contributed by atoms with E-state index >= 15 is 0 Å². The van der Waals surface area contributed by atoms with Gasteiger partial charge in [0.15, 0.2) is 0 Å². The summed E-state index contributed by atoms with van der Waals surface area (Å²) >= 11 is 6.16. The van der Waals surface area contributed by atoms with Crippen molar-refractivity contribution >= 4 is 39.3 Å². The Labute approximate surface area is 175 Å². The smallest absolute Gasteiger partial charge is 0.244 e. The molecule has 0 aliphatic rings. The normalized spacial score (nSPS) is 11.6. The van der Waals surface area contributed by atoms with Crippen LogP contribution in [-0.2, 0) is 34.5 Å². The topological polar surface area (TPSA) is 88.2 Å². The molecule has 0 spiro atoms. The summed E-state index contributed by atoms with van der Waals surface area (Å²) in [5.41, 5.74) is 2.89. The highest BCUT2D eigenvalue weighted by Crippen LogP contribution is 2.21. The van der Waals surface area contributed by atoms with Gasteiger partial charge in [0.05, 0.1) is 11.9 Å². The molecule has 1 aromatic heterocycles. The Bertz CT molecular complexity index is 1010. The van der Waals surface area contributed by atoms with E-state index in [-0.39, 0.29) is 12.5 Å². The summed E-state index contributed by atoms with van der Waals surface area (Å²) in [6.45, 7) is 1.56. The van der Waals surface area contributed by atoms with Gasteiger partial charge in [-0.2, -0.15) is 0 Å². The second kappa shape index (κ2) is 10.4. The van der Waals surface area contributed by atoms with Gasteiger partial charge in [0, 0.05) is 29.0 Å². The highest BCUT2D eigenvalue weighted by atomic mass is 35.5. The summed E-state index contributed by atoms with van der Waals surface area (Å²) in [4.78, 5) is 16.4. The molecule has 0 saturated carbocycles. The highest BCUT2D eigenvalue weighted by Gasteiger charge is 2.07. The van der Waals surface area contributed by atoms with E-state index < -0.39 is 16.7 Å². The number of nitrogens with zero attached hydrogens (tertiary/aromatic N) is 1. The minimum Gasteiger partial charge on any atom is -0.348 e. The number of benzene rings is 1. The lowest BCUT2D eigenvalue weighted by Gasteiger charge is -2.09. The van der Waals surface area contributed by atoms with Crippen LogP contribution >= 0.6 is 11.6 Å². The fourth-order valence-electron chi connectivity index (χ4n) is 2.60. The number of carbonyl (C=O) groups is 1. The molecule has 1 heterocycles. The van der Waals surface area contributed by atoms with E-state index in [0.717, 1.165) is 23.9 Å². The molecule has 9 heteroatoms. The summed E-state index contributed by atoms with van der Waals surface area (Å²) in [6.07, 6.45) is 5.64. The SMILES string of the molecule is CCCc1nc(CF)ccc1/C=C/C(=O)NCc1ccc(NS(C)(=O)=O)cc1Cl. The quantitative estimate of drug-likeness (QED) is 0.581. The monoisotopic (exact) mass is 439 g/mol. The molecule has 156 valence electrons. The van der Waals surface area contributed by atoms with Crippen molar-refractivity contribution in [3.8, 4) is 0 Å². The molecule has 6 nitrogen and oxygen atoms in total. The van der Waals surface area contributed by atoms with Gasteiger partial charge >= 0.3 is 0 Å². The van der Waals surface area contributed by atoms with Gasteiger partial charge in [0.1, 0.15) is 6.67 Å². The average molecular weight is 440 g/mol. The average Bonchev–Trinajstić information content (AvgIpc) is 2.65. The molecule has 2 rings (SSSR count). The van der Waals surface area contributed by atoms with Crippen LogP contribution in [-0.4, -0.2) is 25.6 Å². The van der Waals surface area contributed by atoms with Crippen molar-refractivity contribution in [2.24, 2.45) is 0 Å². The van der Waals surface area contributed by atoms with Crippen LogP contribution < -0.4 is 10.0 Å². The third-order valence-corrected chi connectivity index (χ3v) is 4.87. The molecule has 2 N–H and O–H groups in total. The number of carbonyl (C=O) groups excluding carboxylic acids is 1. The number of hydrogen-bond donors (Lipinski definition) is 2. The lowest BCUT2D eigenvalue weighted by Crippen LogP contribution is -2.20. The fourth-order valence-corrected chi connectivity index (χ4v) is 3.40. The number of amides is 1. The Kier molecular flexibility index (Phi) is 8.16. The molecule has 0 aliphatic heterocycles. The maximum Gasteiger partial charge on any atom is 0.244 e. The Hall–Kier alpha value is -2.45. The first-order valence-corrected chi connectivity index (χ1v) is 11.3. The molecule has 0 unspecified atom stereocenters. The molecular weight excluding hydrogens is 417 g/mol. The third-order valence-electron chi connectivity index (χ3n) is 3.91. The standard InChI is InChI=1S/C20H23ClFN3O3S/c1-3-4-19-14(5-9-17(12-22)24-19)7-10-20(26)23-13-15-6-8-16(11-18(15)21)25-29(2,27)28/h5-11,25H,3-4,12-13H2,1-2H3,(H,23,26)/b10-7+. The molecular formula is C20H23ClFN3O3S. The number of nitrogens with one attached hydrogen (secondary N) is 2. The lowest BCUT2D eigenvalue weighted by molar-refractivity contribution is -0.116. The van der Waals surface area contributed by atoms with Crippen LogP contribution in [0, 0.1) is 0 Å². The highest BCUT2D eigenvalue weighted by molar-refractivity contribution is 7.92. The largest absolute Gasteiger partial charge is 0.348 e. The number of halogens is 2. The van der Waals surface area contributed by atoms with Gasteiger partial charge in [-0.25, -0.2) is 12.8 Å². The van der Waals surface area contributed by atoms with Crippen molar-refractivity contribution in [3.05, 3.63) is 63.9 Å². The first kappa shape index (κ1) is 22.8. The van der Waals surface area contributed by atoms with Crippen LogP contribution in [0.5, 0.6) is 0 Å². The number of anilines is 1. The van der Waals surface area contributed by atoms with E-state index in [2.05, 4.69) is 15.0 Å². The molecule has 29 heavy (non-hydrogen) atoms. The van der Waals surface area contributed by atoms with Crippen LogP contribution in [0.3, 0.4) is 0 Å². The molecule has 0 aliphatic carbocycles. The lowest BCUT2D eigenvalue weighted by atomic mass is 10.1. The summed E-state index contributed by atoms with van der Waals surface area (Å²) in [6, 6.07) is 8.04. The molecule has 1 aromatic carbocycles. The van der Waals surface area contributed by atoms with E-state index in [1.54, 1.807) is 30.3 Å². The van der Waals surface area contributed by atoms with Gasteiger partial charge < -0.3 is 5.32 Å². The van der Waals surface area contributed by atoms with Crippen LogP contribution in [0.25, 0.3) is 6.08 Å². The molecule has 0 radical (unpaired) electrons. The van der Waals surface area contributed by atoms with Crippen LogP contribution in [0.2, 0.25) is 5.02 Å². The third kappa shape index (κ3) is 7.47. The molecule has 2 aromatic rings. The molecule has 0 bridgehead atoms. The van der Waals surface area contributed by atoms with Crippen molar-refractivity contribution in [2.45, 2.75) is 33.0 Å². The number of rotatable bonds is 9. The van der Waals surface area contributed by atoms with Crippen LogP contribution in [0.15, 0.2) is 36.4 Å². The number of aryl methyl sites for hydroxylation is 1. The van der Waals surface area contributed by atoms with E-state index in [0.29, 0.717) is 28.4 Å². The Morgan fingerprint density at radius 3 is 2.66 bits per heavy atom. The molecule has 0 atom stereocenters. The maximum absolute atomic E-state index is 12.8. The van der Waals surface area contributed by atoms with Gasteiger partial charge in [0.2, 0.25) is 15.9 Å². The van der Waals surface area contributed by atoms with Gasteiger partial charge in [-0.3, -0.25) is 14.5 Å². The summed E-state index contributed by atoms with van der Waals surface area (Å²) in [5, 5.41) is 3.06. The van der Waals surface area contributed by atoms with Crippen LogP contribution in [0.4, 0.5) is 10.1 Å².